The number of rotatable bonds is 0. The maximum absolute atomic E-state index is 12.2. The van der Waals surface area contributed by atoms with Gasteiger partial charge in [0, 0.05) is 30.0 Å². The Morgan fingerprint density at radius 3 is 3.00 bits per heavy atom. The van der Waals surface area contributed by atoms with Crippen molar-refractivity contribution in [2.45, 2.75) is 13.0 Å². The third kappa shape index (κ3) is 2.06. The van der Waals surface area contributed by atoms with Crippen LogP contribution in [-0.2, 0) is 13.0 Å². The molecule has 18 heavy (non-hydrogen) atoms. The molecule has 0 atom stereocenters. The summed E-state index contributed by atoms with van der Waals surface area (Å²) in [5, 5.41) is 0. The van der Waals surface area contributed by atoms with Gasteiger partial charge in [-0.3, -0.25) is 4.57 Å². The zero-order valence-corrected chi connectivity index (χ0v) is 11.3. The number of carbonyl (C=O) groups is 1. The first kappa shape index (κ1) is 11.5. The van der Waals surface area contributed by atoms with Gasteiger partial charge in [0.1, 0.15) is 6.33 Å². The number of carbonyl (C=O) groups excluding carboxylic acids is 1. The van der Waals surface area contributed by atoms with E-state index in [9.17, 15) is 4.79 Å². The molecule has 0 radical (unpaired) electrons. The average molecular weight is 306 g/mol. The van der Waals surface area contributed by atoms with Crippen molar-refractivity contribution in [2.75, 3.05) is 6.54 Å². The van der Waals surface area contributed by atoms with Crippen LogP contribution in [0.15, 0.2) is 41.4 Å². The maximum atomic E-state index is 12.2. The van der Waals surface area contributed by atoms with Crippen LogP contribution in [0, 0.1) is 0 Å². The molecule has 0 bridgehead atoms. The average Bonchev–Trinajstić information content (AvgIpc) is 2.91. The Bertz CT molecular complexity index is 580. The number of benzene rings is 1. The Kier molecular flexibility index (Phi) is 2.91. The smallest absolute Gasteiger partial charge is 0.319 e. The van der Waals surface area contributed by atoms with E-state index in [0.29, 0.717) is 6.54 Å². The molecule has 0 saturated heterocycles. The molecule has 92 valence electrons. The van der Waals surface area contributed by atoms with E-state index in [1.54, 1.807) is 18.7 Å². The molecule has 0 aliphatic carbocycles. The van der Waals surface area contributed by atoms with Crippen LogP contribution >= 0.6 is 15.9 Å². The molecule has 0 unspecified atom stereocenters. The van der Waals surface area contributed by atoms with Crippen LogP contribution in [0.25, 0.3) is 0 Å². The Hall–Kier alpha value is -1.62. The largest absolute Gasteiger partial charge is 0.329 e. The predicted octanol–water partition coefficient (Wildman–Crippen LogP) is 2.67. The molecule has 0 spiro atoms. The monoisotopic (exact) mass is 305 g/mol. The standard InChI is InChI=1S/C13H12BrN3O/c14-12-2-1-11-8-16(5-3-10(11)7-12)13(18)17-6-4-15-9-17/h1-2,4,6-7,9H,3,5,8H2. The summed E-state index contributed by atoms with van der Waals surface area (Å²) in [6, 6.07) is 6.21. The van der Waals surface area contributed by atoms with Crippen LogP contribution in [0.4, 0.5) is 4.79 Å². The molecular weight excluding hydrogens is 294 g/mol. The summed E-state index contributed by atoms with van der Waals surface area (Å²) < 4.78 is 2.61. The number of halogens is 1. The lowest BCUT2D eigenvalue weighted by atomic mass is 10.0. The summed E-state index contributed by atoms with van der Waals surface area (Å²) in [4.78, 5) is 17.9. The summed E-state index contributed by atoms with van der Waals surface area (Å²) in [6.45, 7) is 1.42. The molecule has 1 aliphatic rings. The van der Waals surface area contributed by atoms with Gasteiger partial charge in [0.2, 0.25) is 0 Å². The Morgan fingerprint density at radius 1 is 1.33 bits per heavy atom. The second-order valence-corrected chi connectivity index (χ2v) is 5.25. The highest BCUT2D eigenvalue weighted by molar-refractivity contribution is 9.10. The molecule has 0 fully saturated rings. The van der Waals surface area contributed by atoms with E-state index in [1.165, 1.54) is 15.7 Å². The van der Waals surface area contributed by atoms with Crippen molar-refractivity contribution in [3.63, 3.8) is 0 Å². The van der Waals surface area contributed by atoms with Crippen LogP contribution < -0.4 is 0 Å². The van der Waals surface area contributed by atoms with Crippen LogP contribution in [0.1, 0.15) is 11.1 Å². The topological polar surface area (TPSA) is 38.1 Å². The summed E-state index contributed by atoms with van der Waals surface area (Å²) in [5.41, 5.74) is 2.54. The molecule has 4 nitrogen and oxygen atoms in total. The summed E-state index contributed by atoms with van der Waals surface area (Å²) >= 11 is 3.47. The number of hydrogen-bond donors (Lipinski definition) is 0. The third-order valence-electron chi connectivity index (χ3n) is 3.18. The molecule has 1 aliphatic heterocycles. The minimum atomic E-state index is -0.0129. The van der Waals surface area contributed by atoms with Crippen LogP contribution in [0.2, 0.25) is 0 Å². The maximum Gasteiger partial charge on any atom is 0.329 e. The first-order valence-electron chi connectivity index (χ1n) is 5.78. The summed E-state index contributed by atoms with van der Waals surface area (Å²) in [7, 11) is 0. The minimum Gasteiger partial charge on any atom is -0.319 e. The van der Waals surface area contributed by atoms with Gasteiger partial charge in [-0.2, -0.15) is 0 Å². The van der Waals surface area contributed by atoms with Gasteiger partial charge in [0.15, 0.2) is 0 Å². The van der Waals surface area contributed by atoms with Gasteiger partial charge in [-0.1, -0.05) is 22.0 Å². The van der Waals surface area contributed by atoms with Crippen molar-refractivity contribution in [2.24, 2.45) is 0 Å². The van der Waals surface area contributed by atoms with E-state index in [1.807, 2.05) is 11.0 Å². The van der Waals surface area contributed by atoms with E-state index < -0.39 is 0 Å². The number of amides is 1. The first-order valence-corrected chi connectivity index (χ1v) is 6.58. The zero-order valence-electron chi connectivity index (χ0n) is 9.71. The molecule has 1 amide bonds. The van der Waals surface area contributed by atoms with Gasteiger partial charge in [-0.05, 0) is 29.7 Å². The van der Waals surface area contributed by atoms with Crippen molar-refractivity contribution in [1.82, 2.24) is 14.5 Å². The third-order valence-corrected chi connectivity index (χ3v) is 3.67. The lowest BCUT2D eigenvalue weighted by molar-refractivity contribution is 0.194. The van der Waals surface area contributed by atoms with E-state index in [2.05, 4.69) is 33.0 Å². The van der Waals surface area contributed by atoms with Crippen molar-refractivity contribution in [3.05, 3.63) is 52.5 Å². The molecule has 1 aromatic carbocycles. The highest BCUT2D eigenvalue weighted by Crippen LogP contribution is 2.23. The van der Waals surface area contributed by atoms with Gasteiger partial charge in [0.25, 0.3) is 0 Å². The molecular formula is C13H12BrN3O. The highest BCUT2D eigenvalue weighted by atomic mass is 79.9. The summed E-state index contributed by atoms with van der Waals surface area (Å²) in [5.74, 6) is 0. The fourth-order valence-corrected chi connectivity index (χ4v) is 2.63. The Labute approximate surface area is 113 Å². The number of aromatic nitrogens is 2. The lowest BCUT2D eigenvalue weighted by Crippen LogP contribution is -2.38. The van der Waals surface area contributed by atoms with Gasteiger partial charge < -0.3 is 4.90 Å². The Balaban J connectivity index is 1.83. The van der Waals surface area contributed by atoms with Gasteiger partial charge >= 0.3 is 6.03 Å². The van der Waals surface area contributed by atoms with E-state index in [-0.39, 0.29) is 6.03 Å². The number of nitrogens with zero attached hydrogens (tertiary/aromatic N) is 3. The molecule has 2 heterocycles. The molecule has 0 saturated carbocycles. The normalized spacial score (nSPS) is 14.4. The lowest BCUT2D eigenvalue weighted by Gasteiger charge is -2.28. The van der Waals surface area contributed by atoms with Gasteiger partial charge in [-0.25, -0.2) is 9.78 Å². The van der Waals surface area contributed by atoms with Gasteiger partial charge in [0.05, 0.1) is 0 Å². The SMILES string of the molecule is O=C(N1CCc2cc(Br)ccc2C1)n1ccnc1. The van der Waals surface area contributed by atoms with Crippen molar-refractivity contribution < 1.29 is 4.79 Å². The number of hydrogen-bond acceptors (Lipinski definition) is 2. The second kappa shape index (κ2) is 4.57. The van der Waals surface area contributed by atoms with E-state index in [0.717, 1.165) is 17.4 Å². The highest BCUT2D eigenvalue weighted by Gasteiger charge is 2.21. The quantitative estimate of drug-likeness (QED) is 0.750. The molecule has 3 rings (SSSR count). The van der Waals surface area contributed by atoms with Crippen molar-refractivity contribution >= 4 is 22.0 Å². The number of fused-ring (bicyclic) bond motifs is 1. The fourth-order valence-electron chi connectivity index (χ4n) is 2.22. The minimum absolute atomic E-state index is 0.0129. The van der Waals surface area contributed by atoms with Crippen molar-refractivity contribution in [1.29, 1.82) is 0 Å². The molecule has 0 N–H and O–H groups in total. The molecule has 2 aromatic rings. The Morgan fingerprint density at radius 2 is 2.22 bits per heavy atom. The number of imidazole rings is 1. The predicted molar refractivity (Wildman–Crippen MR) is 71.3 cm³/mol. The zero-order chi connectivity index (χ0) is 12.5. The van der Waals surface area contributed by atoms with Gasteiger partial charge in [-0.15, -0.1) is 0 Å². The van der Waals surface area contributed by atoms with E-state index >= 15 is 0 Å². The fraction of sp³-hybridized carbons (Fsp3) is 0.231. The second-order valence-electron chi connectivity index (χ2n) is 4.34. The van der Waals surface area contributed by atoms with Crippen molar-refractivity contribution in [3.8, 4) is 0 Å². The van der Waals surface area contributed by atoms with Crippen LogP contribution in [-0.4, -0.2) is 27.0 Å². The summed E-state index contributed by atoms with van der Waals surface area (Å²) in [6.07, 6.45) is 5.74. The molecule has 5 heteroatoms. The first-order chi connectivity index (χ1) is 8.74. The van der Waals surface area contributed by atoms with E-state index in [4.69, 9.17) is 0 Å². The van der Waals surface area contributed by atoms with Crippen LogP contribution in [0.5, 0.6) is 0 Å². The molecule has 1 aromatic heterocycles. The van der Waals surface area contributed by atoms with Crippen LogP contribution in [0.3, 0.4) is 0 Å².